The van der Waals surface area contributed by atoms with Gasteiger partial charge in [-0.3, -0.25) is 4.79 Å². The molecular formula is C17H27N3O3S. The first-order chi connectivity index (χ1) is 11.3. The number of rotatable bonds is 6. The van der Waals surface area contributed by atoms with Gasteiger partial charge in [0.05, 0.1) is 12.2 Å². The number of nitrogens with one attached hydrogen (secondary N) is 1. The van der Waals surface area contributed by atoms with E-state index in [9.17, 15) is 13.2 Å². The molecule has 3 atom stereocenters. The van der Waals surface area contributed by atoms with Crippen LogP contribution in [0, 0.1) is 11.8 Å². The Labute approximate surface area is 144 Å². The predicted molar refractivity (Wildman–Crippen MR) is 94.7 cm³/mol. The number of carbonyl (C=O) groups excluding carboxylic acids is 1. The molecule has 1 aromatic rings. The second kappa shape index (κ2) is 8.09. The summed E-state index contributed by atoms with van der Waals surface area (Å²) in [5.41, 5.74) is 7.21. The topological polar surface area (TPSA) is 92.5 Å². The van der Waals surface area contributed by atoms with Crippen LogP contribution in [0.5, 0.6) is 0 Å². The molecule has 1 aliphatic heterocycles. The van der Waals surface area contributed by atoms with Gasteiger partial charge in [-0.1, -0.05) is 37.3 Å². The molecule has 0 saturated carbocycles. The van der Waals surface area contributed by atoms with Crippen molar-refractivity contribution < 1.29 is 13.2 Å². The molecule has 3 unspecified atom stereocenters. The molecule has 6 nitrogen and oxygen atoms in total. The Kier molecular flexibility index (Phi) is 6.37. The van der Waals surface area contributed by atoms with Crippen LogP contribution in [-0.4, -0.2) is 45.1 Å². The van der Waals surface area contributed by atoms with Crippen LogP contribution in [0.25, 0.3) is 0 Å². The lowest BCUT2D eigenvalue weighted by atomic mass is 9.92. The SMILES string of the molecule is CC(C(=O)N1CCCC(CNS(C)(=O)=O)C1)C(N)c1ccccc1. The fourth-order valence-electron chi connectivity index (χ4n) is 3.11. The molecular weight excluding hydrogens is 326 g/mol. The first-order valence-electron chi connectivity index (χ1n) is 8.32. The molecule has 7 heteroatoms. The maximum absolute atomic E-state index is 12.8. The zero-order valence-corrected chi connectivity index (χ0v) is 15.1. The maximum Gasteiger partial charge on any atom is 0.227 e. The number of hydrogen-bond donors (Lipinski definition) is 2. The molecule has 0 bridgehead atoms. The van der Waals surface area contributed by atoms with Gasteiger partial charge >= 0.3 is 0 Å². The molecule has 2 rings (SSSR count). The van der Waals surface area contributed by atoms with Crippen LogP contribution in [-0.2, 0) is 14.8 Å². The van der Waals surface area contributed by atoms with Gasteiger partial charge in [-0.15, -0.1) is 0 Å². The third-order valence-corrected chi connectivity index (χ3v) is 5.27. The number of hydrogen-bond acceptors (Lipinski definition) is 4. The zero-order valence-electron chi connectivity index (χ0n) is 14.3. The molecule has 134 valence electrons. The number of sulfonamides is 1. The van der Waals surface area contributed by atoms with Crippen molar-refractivity contribution in [2.75, 3.05) is 25.9 Å². The second-order valence-electron chi connectivity index (χ2n) is 6.64. The molecule has 0 spiro atoms. The molecule has 24 heavy (non-hydrogen) atoms. The van der Waals surface area contributed by atoms with Crippen molar-refractivity contribution in [2.24, 2.45) is 17.6 Å². The van der Waals surface area contributed by atoms with Gasteiger partial charge < -0.3 is 10.6 Å². The van der Waals surface area contributed by atoms with Crippen molar-refractivity contribution in [3.8, 4) is 0 Å². The number of amides is 1. The van der Waals surface area contributed by atoms with E-state index in [0.717, 1.165) is 24.7 Å². The normalized spacial score (nSPS) is 21.3. The van der Waals surface area contributed by atoms with Crippen molar-refractivity contribution in [2.45, 2.75) is 25.8 Å². The smallest absolute Gasteiger partial charge is 0.227 e. The minimum atomic E-state index is -3.20. The lowest BCUT2D eigenvalue weighted by Crippen LogP contribution is -2.46. The molecule has 1 aromatic carbocycles. The largest absolute Gasteiger partial charge is 0.342 e. The van der Waals surface area contributed by atoms with Crippen LogP contribution in [0.1, 0.15) is 31.4 Å². The monoisotopic (exact) mass is 353 g/mol. The van der Waals surface area contributed by atoms with Gasteiger partial charge in [-0.05, 0) is 24.3 Å². The van der Waals surface area contributed by atoms with Gasteiger partial charge in [-0.2, -0.15) is 0 Å². The predicted octanol–water partition coefficient (Wildman–Crippen LogP) is 1.11. The van der Waals surface area contributed by atoms with Gasteiger partial charge in [0.25, 0.3) is 0 Å². The van der Waals surface area contributed by atoms with E-state index in [2.05, 4.69) is 4.72 Å². The Morgan fingerprint density at radius 2 is 2.04 bits per heavy atom. The van der Waals surface area contributed by atoms with Gasteiger partial charge in [0.1, 0.15) is 0 Å². The first kappa shape index (κ1) is 18.9. The Morgan fingerprint density at radius 1 is 1.38 bits per heavy atom. The fraction of sp³-hybridized carbons (Fsp3) is 0.588. The molecule has 0 radical (unpaired) electrons. The molecule has 1 saturated heterocycles. The van der Waals surface area contributed by atoms with Crippen LogP contribution in [0.4, 0.5) is 0 Å². The summed E-state index contributed by atoms with van der Waals surface area (Å²) < 4.78 is 25.0. The third kappa shape index (κ3) is 5.29. The van der Waals surface area contributed by atoms with E-state index in [0.29, 0.717) is 19.6 Å². The van der Waals surface area contributed by atoms with Crippen LogP contribution in [0.2, 0.25) is 0 Å². The average Bonchev–Trinajstić information content (AvgIpc) is 2.58. The van der Waals surface area contributed by atoms with Crippen molar-refractivity contribution in [1.82, 2.24) is 9.62 Å². The quantitative estimate of drug-likeness (QED) is 0.801. The third-order valence-electron chi connectivity index (χ3n) is 4.58. The van der Waals surface area contributed by atoms with Gasteiger partial charge in [0, 0.05) is 25.7 Å². The van der Waals surface area contributed by atoms with Crippen molar-refractivity contribution >= 4 is 15.9 Å². The lowest BCUT2D eigenvalue weighted by Gasteiger charge is -2.35. The minimum Gasteiger partial charge on any atom is -0.342 e. The highest BCUT2D eigenvalue weighted by atomic mass is 32.2. The molecule has 0 aromatic heterocycles. The Balaban J connectivity index is 1.95. The number of benzene rings is 1. The van der Waals surface area contributed by atoms with E-state index >= 15 is 0 Å². The highest BCUT2D eigenvalue weighted by Gasteiger charge is 2.30. The van der Waals surface area contributed by atoms with Crippen molar-refractivity contribution in [3.63, 3.8) is 0 Å². The molecule has 1 heterocycles. The van der Waals surface area contributed by atoms with Gasteiger partial charge in [0.15, 0.2) is 0 Å². The molecule has 1 aliphatic rings. The molecule has 1 fully saturated rings. The van der Waals surface area contributed by atoms with Gasteiger partial charge in [-0.25, -0.2) is 13.1 Å². The van der Waals surface area contributed by atoms with Crippen LogP contribution < -0.4 is 10.5 Å². The zero-order chi connectivity index (χ0) is 17.7. The standard InChI is InChI=1S/C17H27N3O3S/c1-13(16(18)15-8-4-3-5-9-15)17(21)20-10-6-7-14(12-20)11-19-24(2,22)23/h3-5,8-9,13-14,16,19H,6-7,10-12,18H2,1-2H3. The number of nitrogens with two attached hydrogens (primary N) is 1. The van der Waals surface area contributed by atoms with E-state index < -0.39 is 10.0 Å². The summed E-state index contributed by atoms with van der Waals surface area (Å²) in [6.45, 7) is 3.52. The highest BCUT2D eigenvalue weighted by Crippen LogP contribution is 2.24. The summed E-state index contributed by atoms with van der Waals surface area (Å²) in [7, 11) is -3.20. The summed E-state index contributed by atoms with van der Waals surface area (Å²) in [5, 5.41) is 0. The fourth-order valence-corrected chi connectivity index (χ4v) is 3.65. The summed E-state index contributed by atoms with van der Waals surface area (Å²) in [6.07, 6.45) is 2.96. The van der Waals surface area contributed by atoms with Crippen molar-refractivity contribution in [3.05, 3.63) is 35.9 Å². The summed E-state index contributed by atoms with van der Waals surface area (Å²) in [4.78, 5) is 14.6. The Bertz CT molecular complexity index is 648. The summed E-state index contributed by atoms with van der Waals surface area (Å²) >= 11 is 0. The van der Waals surface area contributed by atoms with E-state index in [1.54, 1.807) is 0 Å². The van der Waals surface area contributed by atoms with Gasteiger partial charge in [0.2, 0.25) is 15.9 Å². The summed E-state index contributed by atoms with van der Waals surface area (Å²) in [5.74, 6) is -0.123. The van der Waals surface area contributed by atoms with E-state index in [-0.39, 0.29) is 23.8 Å². The maximum atomic E-state index is 12.8. The number of carbonyl (C=O) groups is 1. The molecule has 3 N–H and O–H groups in total. The lowest BCUT2D eigenvalue weighted by molar-refractivity contribution is -0.137. The van der Waals surface area contributed by atoms with E-state index in [4.69, 9.17) is 5.73 Å². The molecule has 1 amide bonds. The Hall–Kier alpha value is -1.44. The Morgan fingerprint density at radius 3 is 2.67 bits per heavy atom. The van der Waals surface area contributed by atoms with Crippen LogP contribution in [0.15, 0.2) is 30.3 Å². The first-order valence-corrected chi connectivity index (χ1v) is 10.2. The average molecular weight is 353 g/mol. The van der Waals surface area contributed by atoms with E-state index in [1.165, 1.54) is 0 Å². The number of nitrogens with zero attached hydrogens (tertiary/aromatic N) is 1. The van der Waals surface area contributed by atoms with Crippen molar-refractivity contribution in [1.29, 1.82) is 0 Å². The van der Waals surface area contributed by atoms with Crippen LogP contribution >= 0.6 is 0 Å². The van der Waals surface area contributed by atoms with E-state index in [1.807, 2.05) is 42.2 Å². The minimum absolute atomic E-state index is 0.0374. The highest BCUT2D eigenvalue weighted by molar-refractivity contribution is 7.88. The summed E-state index contributed by atoms with van der Waals surface area (Å²) in [6, 6.07) is 9.29. The van der Waals surface area contributed by atoms with Crippen LogP contribution in [0.3, 0.4) is 0 Å². The number of likely N-dealkylation sites (tertiary alicyclic amines) is 1. The number of piperidine rings is 1. The molecule has 0 aliphatic carbocycles. The second-order valence-corrected chi connectivity index (χ2v) is 8.47.